The maximum atomic E-state index is 11.2. The minimum atomic E-state index is -0.438. The zero-order chi connectivity index (χ0) is 13.9. The quantitative estimate of drug-likeness (QED) is 0.849. The third-order valence-electron chi connectivity index (χ3n) is 2.92. The normalized spacial score (nSPS) is 11.5. The van der Waals surface area contributed by atoms with E-state index in [4.69, 9.17) is 0 Å². The van der Waals surface area contributed by atoms with E-state index in [0.29, 0.717) is 5.92 Å². The van der Waals surface area contributed by atoms with Crippen molar-refractivity contribution in [1.82, 2.24) is 0 Å². The first-order valence-electron chi connectivity index (χ1n) is 6.25. The molecule has 0 aliphatic carbocycles. The summed E-state index contributed by atoms with van der Waals surface area (Å²) in [4.78, 5) is 11.2. The van der Waals surface area contributed by atoms with Gasteiger partial charge >= 0.3 is 6.09 Å². The highest BCUT2D eigenvalue weighted by molar-refractivity contribution is 5.84. The second-order valence-electron chi connectivity index (χ2n) is 5.82. The highest BCUT2D eigenvalue weighted by Crippen LogP contribution is 2.32. The summed E-state index contributed by atoms with van der Waals surface area (Å²) < 4.78 is 4.61. The molecule has 3 nitrogen and oxygen atoms in total. The minimum absolute atomic E-state index is 0.0490. The first-order chi connectivity index (χ1) is 8.25. The molecule has 0 atom stereocenters. The van der Waals surface area contributed by atoms with Gasteiger partial charge in [-0.3, -0.25) is 5.32 Å². The standard InChI is InChI=1S/C15H23NO2/c1-10(2)12-8-7-11(16-14(17)18-6)9-13(12)15(3,4)5/h7-10H,1-6H3,(H,16,17). The lowest BCUT2D eigenvalue weighted by Gasteiger charge is -2.25. The number of benzene rings is 1. The zero-order valence-corrected chi connectivity index (χ0v) is 12.1. The topological polar surface area (TPSA) is 38.3 Å². The summed E-state index contributed by atoms with van der Waals surface area (Å²) in [5.41, 5.74) is 3.40. The van der Waals surface area contributed by atoms with Crippen LogP contribution >= 0.6 is 0 Å². The van der Waals surface area contributed by atoms with E-state index in [9.17, 15) is 4.79 Å². The minimum Gasteiger partial charge on any atom is -0.453 e. The second kappa shape index (κ2) is 5.42. The molecule has 0 aromatic heterocycles. The van der Waals surface area contributed by atoms with E-state index in [0.717, 1.165) is 5.69 Å². The molecule has 0 spiro atoms. The van der Waals surface area contributed by atoms with E-state index in [1.54, 1.807) is 0 Å². The Hall–Kier alpha value is -1.51. The van der Waals surface area contributed by atoms with Crippen LogP contribution in [0.2, 0.25) is 0 Å². The number of carbonyl (C=O) groups excluding carboxylic acids is 1. The Bertz CT molecular complexity index is 431. The van der Waals surface area contributed by atoms with E-state index >= 15 is 0 Å². The van der Waals surface area contributed by atoms with Crippen LogP contribution < -0.4 is 5.32 Å². The SMILES string of the molecule is COC(=O)Nc1ccc(C(C)C)c(C(C)(C)C)c1. The second-order valence-corrected chi connectivity index (χ2v) is 5.82. The van der Waals surface area contributed by atoms with E-state index < -0.39 is 6.09 Å². The molecule has 0 unspecified atom stereocenters. The van der Waals surface area contributed by atoms with Crippen LogP contribution in [-0.4, -0.2) is 13.2 Å². The molecule has 1 aromatic carbocycles. The predicted molar refractivity (Wildman–Crippen MR) is 75.3 cm³/mol. The van der Waals surface area contributed by atoms with Crippen molar-refractivity contribution in [2.24, 2.45) is 0 Å². The number of hydrogen-bond donors (Lipinski definition) is 1. The zero-order valence-electron chi connectivity index (χ0n) is 12.1. The Morgan fingerprint density at radius 3 is 2.33 bits per heavy atom. The van der Waals surface area contributed by atoms with E-state index in [1.807, 2.05) is 12.1 Å². The number of amides is 1. The Morgan fingerprint density at radius 2 is 1.89 bits per heavy atom. The van der Waals surface area contributed by atoms with Gasteiger partial charge in [-0.1, -0.05) is 40.7 Å². The molecule has 0 fully saturated rings. The van der Waals surface area contributed by atoms with Gasteiger partial charge in [0.25, 0.3) is 0 Å². The van der Waals surface area contributed by atoms with Gasteiger partial charge in [0.15, 0.2) is 0 Å². The molecule has 1 rings (SSSR count). The van der Waals surface area contributed by atoms with Crippen molar-refractivity contribution < 1.29 is 9.53 Å². The van der Waals surface area contributed by atoms with Crippen LogP contribution in [0.4, 0.5) is 10.5 Å². The fourth-order valence-electron chi connectivity index (χ4n) is 1.96. The lowest BCUT2D eigenvalue weighted by molar-refractivity contribution is 0.187. The van der Waals surface area contributed by atoms with Gasteiger partial charge in [0.2, 0.25) is 0 Å². The summed E-state index contributed by atoms with van der Waals surface area (Å²) in [6.07, 6.45) is -0.438. The average molecular weight is 249 g/mol. The molecular formula is C15H23NO2. The Balaban J connectivity index is 3.18. The van der Waals surface area contributed by atoms with Crippen molar-refractivity contribution in [3.63, 3.8) is 0 Å². The van der Waals surface area contributed by atoms with Gasteiger partial charge in [-0.2, -0.15) is 0 Å². The van der Waals surface area contributed by atoms with Crippen LogP contribution in [0.3, 0.4) is 0 Å². The number of methoxy groups -OCH3 is 1. The van der Waals surface area contributed by atoms with Crippen molar-refractivity contribution in [1.29, 1.82) is 0 Å². The van der Waals surface area contributed by atoms with Gasteiger partial charge in [0.05, 0.1) is 7.11 Å². The van der Waals surface area contributed by atoms with Crippen LogP contribution in [0, 0.1) is 0 Å². The van der Waals surface area contributed by atoms with E-state index in [2.05, 4.69) is 50.7 Å². The lowest BCUT2D eigenvalue weighted by atomic mass is 9.80. The molecule has 0 aliphatic rings. The highest BCUT2D eigenvalue weighted by atomic mass is 16.5. The van der Waals surface area contributed by atoms with Crippen LogP contribution in [-0.2, 0) is 10.2 Å². The van der Waals surface area contributed by atoms with Gasteiger partial charge < -0.3 is 4.74 Å². The summed E-state index contributed by atoms with van der Waals surface area (Å²) >= 11 is 0. The number of hydrogen-bond acceptors (Lipinski definition) is 2. The molecule has 18 heavy (non-hydrogen) atoms. The van der Waals surface area contributed by atoms with Crippen molar-refractivity contribution in [3.05, 3.63) is 29.3 Å². The first-order valence-corrected chi connectivity index (χ1v) is 6.25. The van der Waals surface area contributed by atoms with Gasteiger partial charge in [0, 0.05) is 5.69 Å². The maximum Gasteiger partial charge on any atom is 0.411 e. The van der Waals surface area contributed by atoms with Crippen molar-refractivity contribution in [3.8, 4) is 0 Å². The summed E-state index contributed by atoms with van der Waals surface area (Å²) in [5, 5.41) is 2.71. The number of nitrogens with one attached hydrogen (secondary N) is 1. The molecule has 100 valence electrons. The Morgan fingerprint density at radius 1 is 1.28 bits per heavy atom. The first kappa shape index (κ1) is 14.6. The molecule has 1 N–H and O–H groups in total. The van der Waals surface area contributed by atoms with Crippen LogP contribution in [0.25, 0.3) is 0 Å². The molecule has 0 bridgehead atoms. The smallest absolute Gasteiger partial charge is 0.411 e. The summed E-state index contributed by atoms with van der Waals surface area (Å²) in [6, 6.07) is 6.03. The number of anilines is 1. The molecule has 3 heteroatoms. The highest BCUT2D eigenvalue weighted by Gasteiger charge is 2.20. The molecule has 0 heterocycles. The molecular weight excluding hydrogens is 226 g/mol. The van der Waals surface area contributed by atoms with Crippen LogP contribution in [0.5, 0.6) is 0 Å². The molecule has 0 aliphatic heterocycles. The van der Waals surface area contributed by atoms with E-state index in [-0.39, 0.29) is 5.41 Å². The molecule has 0 saturated heterocycles. The molecule has 0 radical (unpaired) electrons. The molecule has 0 saturated carbocycles. The summed E-state index contributed by atoms with van der Waals surface area (Å²) in [7, 11) is 1.36. The largest absolute Gasteiger partial charge is 0.453 e. The summed E-state index contributed by atoms with van der Waals surface area (Å²) in [6.45, 7) is 10.9. The lowest BCUT2D eigenvalue weighted by Crippen LogP contribution is -2.17. The average Bonchev–Trinajstić information content (AvgIpc) is 2.27. The number of ether oxygens (including phenoxy) is 1. The van der Waals surface area contributed by atoms with Crippen molar-refractivity contribution in [2.75, 3.05) is 12.4 Å². The third kappa shape index (κ3) is 3.49. The van der Waals surface area contributed by atoms with Crippen molar-refractivity contribution in [2.45, 2.75) is 46.0 Å². The fraction of sp³-hybridized carbons (Fsp3) is 0.533. The van der Waals surface area contributed by atoms with Crippen LogP contribution in [0.15, 0.2) is 18.2 Å². The number of carbonyl (C=O) groups is 1. The third-order valence-corrected chi connectivity index (χ3v) is 2.92. The fourth-order valence-corrected chi connectivity index (χ4v) is 1.96. The van der Waals surface area contributed by atoms with Gasteiger partial charge in [-0.25, -0.2) is 4.79 Å². The van der Waals surface area contributed by atoms with E-state index in [1.165, 1.54) is 18.2 Å². The van der Waals surface area contributed by atoms with Crippen LogP contribution in [0.1, 0.15) is 51.7 Å². The monoisotopic (exact) mass is 249 g/mol. The van der Waals surface area contributed by atoms with Gasteiger partial charge in [-0.15, -0.1) is 0 Å². The van der Waals surface area contributed by atoms with Gasteiger partial charge in [0.1, 0.15) is 0 Å². The van der Waals surface area contributed by atoms with Gasteiger partial charge in [-0.05, 0) is 34.6 Å². The molecule has 1 aromatic rings. The summed E-state index contributed by atoms with van der Waals surface area (Å²) in [5.74, 6) is 0.464. The molecule has 1 amide bonds. The Labute approximate surface area is 110 Å². The van der Waals surface area contributed by atoms with Crippen molar-refractivity contribution >= 4 is 11.8 Å². The predicted octanol–water partition coefficient (Wildman–Crippen LogP) is 4.29. The number of rotatable bonds is 2. The maximum absolute atomic E-state index is 11.2. The Kier molecular flexibility index (Phi) is 4.38.